The molecular weight excluding hydrogens is 553 g/mol. The summed E-state index contributed by atoms with van der Waals surface area (Å²) in [6, 6.07) is 25.5. The molecule has 0 nitrogen and oxygen atoms in total. The van der Waals surface area contributed by atoms with Gasteiger partial charge in [0.25, 0.3) is 0 Å². The number of fused-ring (bicyclic) bond motifs is 4. The second-order valence-corrected chi connectivity index (χ2v) is 11.1. The molecule has 9 rings (SSSR count). The molecule has 0 aliphatic heterocycles. The maximum absolute atomic E-state index is 9.35. The van der Waals surface area contributed by atoms with Gasteiger partial charge in [-0.3, -0.25) is 0 Å². The minimum absolute atomic E-state index is 0.0971. The van der Waals surface area contributed by atoms with Gasteiger partial charge >= 0.3 is 0 Å². The van der Waals surface area contributed by atoms with E-state index in [4.69, 9.17) is 12.3 Å². The first-order valence-electron chi connectivity index (χ1n) is 21.4. The summed E-state index contributed by atoms with van der Waals surface area (Å²) >= 11 is 0. The lowest BCUT2D eigenvalue weighted by Gasteiger charge is -2.19. The Balaban J connectivity index is 1.42. The molecule has 0 radical (unpaired) electrons. The molecule has 214 valence electrons. The van der Waals surface area contributed by atoms with Crippen molar-refractivity contribution in [2.45, 2.75) is 0 Å². The van der Waals surface area contributed by atoms with Crippen LogP contribution in [0.1, 0.15) is 17.8 Å². The second-order valence-electron chi connectivity index (χ2n) is 11.1. The van der Waals surface area contributed by atoms with E-state index in [2.05, 4.69) is 42.5 Å². The molecule has 0 amide bonds. The fourth-order valence-electron chi connectivity index (χ4n) is 6.51. The van der Waals surface area contributed by atoms with Crippen LogP contribution in [0.15, 0.2) is 182 Å². The van der Waals surface area contributed by atoms with Crippen molar-refractivity contribution in [1.29, 1.82) is 0 Å². The third-order valence-electron chi connectivity index (χ3n) is 8.58. The minimum Gasteiger partial charge on any atom is -0.0622 e. The quantitative estimate of drug-likeness (QED) is 0.178. The fourth-order valence-corrected chi connectivity index (χ4v) is 6.51. The van der Waals surface area contributed by atoms with Crippen molar-refractivity contribution in [1.82, 2.24) is 0 Å². The molecule has 0 aromatic heterocycles. The molecule has 0 saturated carbocycles. The van der Waals surface area contributed by atoms with Crippen LogP contribution < -0.4 is 0 Å². The summed E-state index contributed by atoms with van der Waals surface area (Å²) in [6.45, 7) is 0. The van der Waals surface area contributed by atoms with Crippen molar-refractivity contribution in [3.8, 4) is 44.5 Å². The van der Waals surface area contributed by atoms with Gasteiger partial charge in [0.05, 0.1) is 17.8 Å². The average molecular weight is 596 g/mol. The molecular formula is C46H30. The Bertz CT molecular complexity index is 3190. The topological polar surface area (TPSA) is 0 Å². The molecule has 0 N–H and O–H groups in total. The molecule has 0 aliphatic rings. The van der Waals surface area contributed by atoms with Crippen LogP contribution in [-0.2, 0) is 0 Å². The van der Waals surface area contributed by atoms with Crippen LogP contribution in [0, 0.1) is 0 Å². The van der Waals surface area contributed by atoms with Gasteiger partial charge in [-0.15, -0.1) is 0 Å². The van der Waals surface area contributed by atoms with E-state index < -0.39 is 84.1 Å². The average Bonchev–Trinajstić information content (AvgIpc) is 3.26. The van der Waals surface area contributed by atoms with Gasteiger partial charge in [-0.25, -0.2) is 0 Å². The van der Waals surface area contributed by atoms with Crippen LogP contribution in [0.25, 0.3) is 87.6 Å². The van der Waals surface area contributed by atoms with Crippen LogP contribution in [0.5, 0.6) is 0 Å². The lowest BCUT2D eigenvalue weighted by atomic mass is 9.83. The van der Waals surface area contributed by atoms with Crippen LogP contribution in [0.4, 0.5) is 0 Å². The monoisotopic (exact) mass is 595 g/mol. The first-order chi connectivity index (χ1) is 28.2. The summed E-state index contributed by atoms with van der Waals surface area (Å²) in [5.74, 6) is 0. The van der Waals surface area contributed by atoms with Crippen LogP contribution in [0.3, 0.4) is 0 Å². The van der Waals surface area contributed by atoms with Crippen LogP contribution >= 0.6 is 0 Å². The SMILES string of the molecule is [2H]c1c([2H])c([2H])c(-c2c3c([2H])c([2H])c([2H])c([2H])c3c(-c3ccc(-c4ccc5cc(-c6ccccc6)ccc5c4)c4ccccc34)c3c([2H])c([2H])c([2H])c([2H])c23)c([2H])c1[2H]. The van der Waals surface area contributed by atoms with Crippen molar-refractivity contribution in [2.75, 3.05) is 0 Å². The zero-order chi connectivity index (χ0) is 41.8. The summed E-state index contributed by atoms with van der Waals surface area (Å²) in [4.78, 5) is 0. The Hall–Kier alpha value is -5.98. The molecule has 0 unspecified atom stereocenters. The third kappa shape index (κ3) is 4.30. The Morgan fingerprint density at radius 2 is 0.804 bits per heavy atom. The van der Waals surface area contributed by atoms with Crippen LogP contribution in [0.2, 0.25) is 0 Å². The zero-order valence-corrected chi connectivity index (χ0v) is 24.3. The van der Waals surface area contributed by atoms with E-state index in [1.807, 2.05) is 54.6 Å². The van der Waals surface area contributed by atoms with E-state index in [9.17, 15) is 5.48 Å². The van der Waals surface area contributed by atoms with E-state index in [1.54, 1.807) is 6.07 Å². The highest BCUT2D eigenvalue weighted by atomic mass is 14.2. The Morgan fingerprint density at radius 1 is 0.304 bits per heavy atom. The van der Waals surface area contributed by atoms with E-state index in [0.29, 0.717) is 10.9 Å². The summed E-state index contributed by atoms with van der Waals surface area (Å²) in [7, 11) is 0. The third-order valence-corrected chi connectivity index (χ3v) is 8.58. The first kappa shape index (κ1) is 16.4. The van der Waals surface area contributed by atoms with Crippen molar-refractivity contribution < 1.29 is 17.8 Å². The molecule has 0 heteroatoms. The van der Waals surface area contributed by atoms with Gasteiger partial charge in [-0.1, -0.05) is 170 Å². The van der Waals surface area contributed by atoms with Crippen molar-refractivity contribution in [2.24, 2.45) is 0 Å². The van der Waals surface area contributed by atoms with Crippen molar-refractivity contribution in [3.05, 3.63) is 182 Å². The number of rotatable bonds is 4. The summed E-state index contributed by atoms with van der Waals surface area (Å²) < 4.78 is 115. The highest BCUT2D eigenvalue weighted by Gasteiger charge is 2.18. The standard InChI is InChI=1S/C46H30/c1-3-13-31(14-4-1)33-23-24-35-30-36(26-25-34(35)29-33)37-27-28-44(39-18-8-7-17-38(37)39)46-42-21-11-9-19-40(42)45(32-15-5-2-6-16-32)41-20-10-12-22-43(41)46/h1-30H/i2D,5D,6D,9D,10D,11D,12D,15D,16D,19D,20D,21D,22D. The van der Waals surface area contributed by atoms with Gasteiger partial charge in [-0.2, -0.15) is 0 Å². The maximum atomic E-state index is 9.35. The highest BCUT2D eigenvalue weighted by Crippen LogP contribution is 2.46. The van der Waals surface area contributed by atoms with Gasteiger partial charge in [0, 0.05) is 0 Å². The largest absolute Gasteiger partial charge is 0.0629 e. The van der Waals surface area contributed by atoms with Crippen molar-refractivity contribution in [3.63, 3.8) is 0 Å². The molecule has 0 bridgehead atoms. The molecule has 0 saturated heterocycles. The van der Waals surface area contributed by atoms with Crippen LogP contribution in [-0.4, -0.2) is 0 Å². The zero-order valence-electron chi connectivity index (χ0n) is 37.3. The summed E-state index contributed by atoms with van der Waals surface area (Å²) in [6.07, 6.45) is 0. The molecule has 0 spiro atoms. The molecule has 46 heavy (non-hydrogen) atoms. The molecule has 0 aliphatic carbocycles. The molecule has 0 heterocycles. The fraction of sp³-hybridized carbons (Fsp3) is 0. The smallest absolute Gasteiger partial charge is 0.0622 e. The minimum atomic E-state index is -0.708. The van der Waals surface area contributed by atoms with E-state index in [-0.39, 0.29) is 32.7 Å². The summed E-state index contributed by atoms with van der Waals surface area (Å²) in [5, 5.41) is 2.75. The predicted molar refractivity (Wildman–Crippen MR) is 198 cm³/mol. The van der Waals surface area contributed by atoms with Gasteiger partial charge < -0.3 is 0 Å². The lowest BCUT2D eigenvalue weighted by molar-refractivity contribution is 1.63. The van der Waals surface area contributed by atoms with Gasteiger partial charge in [0.2, 0.25) is 0 Å². The number of hydrogen-bond acceptors (Lipinski definition) is 0. The van der Waals surface area contributed by atoms with E-state index >= 15 is 0 Å². The number of benzene rings is 9. The van der Waals surface area contributed by atoms with Gasteiger partial charge in [0.1, 0.15) is 0 Å². The molecule has 0 atom stereocenters. The predicted octanol–water partition coefficient (Wildman–Crippen LogP) is 13.0. The number of hydrogen-bond donors (Lipinski definition) is 0. The van der Waals surface area contributed by atoms with Crippen molar-refractivity contribution >= 4 is 43.1 Å². The molecule has 9 aromatic rings. The molecule has 9 aromatic carbocycles. The second kappa shape index (κ2) is 10.9. The maximum Gasteiger partial charge on any atom is 0.0629 e. The Labute approximate surface area is 287 Å². The van der Waals surface area contributed by atoms with Gasteiger partial charge in [0.15, 0.2) is 0 Å². The first-order valence-corrected chi connectivity index (χ1v) is 14.9. The molecule has 0 fully saturated rings. The lowest BCUT2D eigenvalue weighted by Crippen LogP contribution is -1.92. The Morgan fingerprint density at radius 3 is 1.46 bits per heavy atom. The van der Waals surface area contributed by atoms with Gasteiger partial charge in [-0.05, 0) is 99.7 Å². The summed E-state index contributed by atoms with van der Waals surface area (Å²) in [5.41, 5.74) is 3.72. The van der Waals surface area contributed by atoms with E-state index in [1.165, 1.54) is 0 Å². The Kier molecular flexibility index (Phi) is 3.87. The highest BCUT2D eigenvalue weighted by molar-refractivity contribution is 6.24. The normalized spacial score (nSPS) is 15.4. The van der Waals surface area contributed by atoms with E-state index in [0.717, 1.165) is 38.4 Å².